The van der Waals surface area contributed by atoms with Crippen LogP contribution >= 0.6 is 0 Å². The average molecular weight is 343 g/mol. The molecule has 8 nitrogen and oxygen atoms in total. The largest absolute Gasteiger partial charge is 0.381 e. The van der Waals surface area contributed by atoms with E-state index in [-0.39, 0.29) is 0 Å². The molecule has 2 aromatic rings. The normalized spacial score (nSPS) is 11.6. The van der Waals surface area contributed by atoms with E-state index in [1.54, 1.807) is 0 Å². The number of benzene rings is 1. The van der Waals surface area contributed by atoms with Crippen molar-refractivity contribution in [3.05, 3.63) is 41.7 Å². The topological polar surface area (TPSA) is 109 Å². The van der Waals surface area contributed by atoms with E-state index in [2.05, 4.69) is 27.0 Å². The zero-order chi connectivity index (χ0) is 18.6. The van der Waals surface area contributed by atoms with Gasteiger partial charge in [0.1, 0.15) is 11.9 Å². The number of rotatable bonds is 4. The maximum Gasteiger partial charge on any atom is 0.269 e. The molecule has 0 aliphatic rings. The van der Waals surface area contributed by atoms with E-state index in [0.29, 0.717) is 5.82 Å². The molecule has 0 saturated carbocycles. The highest BCUT2D eigenvalue weighted by Gasteiger charge is 2.23. The SMILES string of the molecule is Cc1cc(C)cc(-c2ncn(/C=C\C(=O)NNC(=O)C(C)(C)O)n2)c1. The van der Waals surface area contributed by atoms with Gasteiger partial charge in [0.15, 0.2) is 5.82 Å². The van der Waals surface area contributed by atoms with Gasteiger partial charge in [-0.1, -0.05) is 17.2 Å². The van der Waals surface area contributed by atoms with E-state index in [9.17, 15) is 14.7 Å². The summed E-state index contributed by atoms with van der Waals surface area (Å²) in [6, 6.07) is 6.03. The number of aryl methyl sites for hydroxylation is 2. The Morgan fingerprint density at radius 3 is 2.40 bits per heavy atom. The van der Waals surface area contributed by atoms with Crippen LogP contribution in [-0.4, -0.2) is 37.3 Å². The van der Waals surface area contributed by atoms with Gasteiger partial charge in [0.2, 0.25) is 0 Å². The van der Waals surface area contributed by atoms with Crippen LogP contribution in [0.4, 0.5) is 0 Å². The minimum Gasteiger partial charge on any atom is -0.381 e. The summed E-state index contributed by atoms with van der Waals surface area (Å²) in [6.07, 6.45) is 4.07. The monoisotopic (exact) mass is 343 g/mol. The van der Waals surface area contributed by atoms with Crippen LogP contribution in [0, 0.1) is 13.8 Å². The van der Waals surface area contributed by atoms with E-state index in [0.717, 1.165) is 16.7 Å². The number of carbonyl (C=O) groups is 2. The third-order valence-electron chi connectivity index (χ3n) is 3.22. The fraction of sp³-hybridized carbons (Fsp3) is 0.294. The lowest BCUT2D eigenvalue weighted by molar-refractivity contribution is -0.139. The molecule has 0 bridgehead atoms. The number of aliphatic hydroxyl groups is 1. The molecule has 0 fully saturated rings. The summed E-state index contributed by atoms with van der Waals surface area (Å²) in [4.78, 5) is 27.3. The Bertz CT molecular complexity index is 798. The second-order valence-electron chi connectivity index (χ2n) is 6.24. The van der Waals surface area contributed by atoms with Gasteiger partial charge in [0, 0.05) is 17.8 Å². The molecule has 132 valence electrons. The predicted molar refractivity (Wildman–Crippen MR) is 92.8 cm³/mol. The first-order valence-electron chi connectivity index (χ1n) is 7.66. The second kappa shape index (κ2) is 7.27. The number of nitrogens with zero attached hydrogens (tertiary/aromatic N) is 3. The number of nitrogens with one attached hydrogen (secondary N) is 2. The van der Waals surface area contributed by atoms with Crippen molar-refractivity contribution in [2.24, 2.45) is 0 Å². The highest BCUT2D eigenvalue weighted by Crippen LogP contribution is 2.18. The molecule has 0 aliphatic carbocycles. The predicted octanol–water partition coefficient (Wildman–Crippen LogP) is 0.951. The van der Waals surface area contributed by atoms with Gasteiger partial charge in [-0.3, -0.25) is 20.4 Å². The lowest BCUT2D eigenvalue weighted by atomic mass is 10.1. The number of hydrazine groups is 1. The van der Waals surface area contributed by atoms with Gasteiger partial charge in [-0.2, -0.15) is 0 Å². The molecule has 0 atom stereocenters. The van der Waals surface area contributed by atoms with Crippen molar-refractivity contribution in [3.8, 4) is 11.4 Å². The molecule has 2 rings (SSSR count). The third-order valence-corrected chi connectivity index (χ3v) is 3.22. The Morgan fingerprint density at radius 2 is 1.80 bits per heavy atom. The number of hydrogen-bond donors (Lipinski definition) is 3. The molecule has 1 aromatic heterocycles. The molecule has 8 heteroatoms. The fourth-order valence-corrected chi connectivity index (χ4v) is 2.04. The van der Waals surface area contributed by atoms with Gasteiger partial charge in [-0.25, -0.2) is 9.67 Å². The van der Waals surface area contributed by atoms with Gasteiger partial charge in [-0.05, 0) is 39.8 Å². The minimum absolute atomic E-state index is 0.548. The number of aromatic nitrogens is 3. The van der Waals surface area contributed by atoms with Crippen molar-refractivity contribution >= 4 is 18.0 Å². The minimum atomic E-state index is -1.58. The summed E-state index contributed by atoms with van der Waals surface area (Å²) in [5.74, 6) is -0.736. The Labute approximate surface area is 145 Å². The smallest absolute Gasteiger partial charge is 0.269 e. The van der Waals surface area contributed by atoms with E-state index in [1.165, 1.54) is 37.1 Å². The van der Waals surface area contributed by atoms with Crippen LogP contribution in [-0.2, 0) is 9.59 Å². The molecule has 3 N–H and O–H groups in total. The van der Waals surface area contributed by atoms with Gasteiger partial charge in [0.25, 0.3) is 11.8 Å². The average Bonchev–Trinajstić information content (AvgIpc) is 2.97. The summed E-state index contributed by atoms with van der Waals surface area (Å²) in [6.45, 7) is 6.63. The van der Waals surface area contributed by atoms with E-state index >= 15 is 0 Å². The van der Waals surface area contributed by atoms with Crippen molar-refractivity contribution < 1.29 is 14.7 Å². The third kappa shape index (κ3) is 5.25. The fourth-order valence-electron chi connectivity index (χ4n) is 2.04. The van der Waals surface area contributed by atoms with Crippen LogP contribution in [0.15, 0.2) is 30.6 Å². The Hall–Kier alpha value is -3.00. The van der Waals surface area contributed by atoms with Crippen LogP contribution in [0.2, 0.25) is 0 Å². The van der Waals surface area contributed by atoms with Crippen molar-refractivity contribution in [2.45, 2.75) is 33.3 Å². The van der Waals surface area contributed by atoms with E-state index < -0.39 is 17.4 Å². The first kappa shape index (κ1) is 18.3. The molecule has 0 spiro atoms. The summed E-state index contributed by atoms with van der Waals surface area (Å²) in [5, 5.41) is 13.7. The number of hydrogen-bond acceptors (Lipinski definition) is 5. The summed E-state index contributed by atoms with van der Waals surface area (Å²) in [5.41, 5.74) is 5.83. The van der Waals surface area contributed by atoms with Crippen molar-refractivity contribution in [1.29, 1.82) is 0 Å². The molecule has 0 radical (unpaired) electrons. The summed E-state index contributed by atoms with van der Waals surface area (Å²) in [7, 11) is 0. The van der Waals surface area contributed by atoms with Crippen LogP contribution in [0.3, 0.4) is 0 Å². The van der Waals surface area contributed by atoms with E-state index in [4.69, 9.17) is 0 Å². The number of carbonyl (C=O) groups excluding carboxylic acids is 2. The highest BCUT2D eigenvalue weighted by atomic mass is 16.3. The van der Waals surface area contributed by atoms with Gasteiger partial charge >= 0.3 is 0 Å². The molecule has 25 heavy (non-hydrogen) atoms. The van der Waals surface area contributed by atoms with Gasteiger partial charge in [0.05, 0.1) is 0 Å². The van der Waals surface area contributed by atoms with Gasteiger partial charge in [-0.15, -0.1) is 5.10 Å². The maximum absolute atomic E-state index is 11.7. The van der Waals surface area contributed by atoms with E-state index in [1.807, 2.05) is 26.0 Å². The Balaban J connectivity index is 1.99. The van der Waals surface area contributed by atoms with Crippen LogP contribution in [0.5, 0.6) is 0 Å². The van der Waals surface area contributed by atoms with Crippen LogP contribution in [0.1, 0.15) is 25.0 Å². The summed E-state index contributed by atoms with van der Waals surface area (Å²) < 4.78 is 1.39. The summed E-state index contributed by atoms with van der Waals surface area (Å²) >= 11 is 0. The van der Waals surface area contributed by atoms with Crippen LogP contribution < -0.4 is 10.9 Å². The van der Waals surface area contributed by atoms with Crippen molar-refractivity contribution in [1.82, 2.24) is 25.6 Å². The standard InChI is InChI=1S/C17H21N5O3/c1-11-7-12(2)9-13(8-11)15-18-10-22(21-15)6-5-14(23)19-20-16(24)17(3,4)25/h5-10,25H,1-4H3,(H,19,23)(H,20,24)/b6-5-. The zero-order valence-corrected chi connectivity index (χ0v) is 14.6. The molecule has 1 aromatic carbocycles. The Kier molecular flexibility index (Phi) is 5.33. The lowest BCUT2D eigenvalue weighted by Crippen LogP contribution is -2.50. The second-order valence-corrected chi connectivity index (χ2v) is 6.24. The van der Waals surface area contributed by atoms with Gasteiger partial charge < -0.3 is 5.11 Å². The molecule has 2 amide bonds. The molecule has 1 heterocycles. The first-order chi connectivity index (χ1) is 11.6. The maximum atomic E-state index is 11.7. The molecule has 0 aliphatic heterocycles. The molecule has 0 saturated heterocycles. The van der Waals surface area contributed by atoms with Crippen LogP contribution in [0.25, 0.3) is 17.6 Å². The lowest BCUT2D eigenvalue weighted by Gasteiger charge is -2.16. The van der Waals surface area contributed by atoms with Crippen molar-refractivity contribution in [3.63, 3.8) is 0 Å². The molecule has 0 unspecified atom stereocenters. The first-order valence-corrected chi connectivity index (χ1v) is 7.66. The molecular formula is C17H21N5O3. The molecular weight excluding hydrogens is 322 g/mol. The quantitative estimate of drug-likeness (QED) is 0.566. The Morgan fingerprint density at radius 1 is 1.16 bits per heavy atom. The highest BCUT2D eigenvalue weighted by molar-refractivity contribution is 5.92. The zero-order valence-electron chi connectivity index (χ0n) is 14.6. The number of amides is 2. The van der Waals surface area contributed by atoms with Crippen molar-refractivity contribution in [2.75, 3.05) is 0 Å².